The standard InChI is InChI=1S/C20H21ClN2/c1-14-17(10-9-16(12-22)19(14)21)23-13-20(2,3)11-18(23)15-7-5-4-6-8-15/h4-10,18H,11,13H2,1-3H3/t18-/m1/s1. The van der Waals surface area contributed by atoms with Crippen molar-refractivity contribution in [3.63, 3.8) is 0 Å². The van der Waals surface area contributed by atoms with Crippen LogP contribution in [0, 0.1) is 23.7 Å². The number of nitriles is 1. The van der Waals surface area contributed by atoms with Crippen molar-refractivity contribution in [2.75, 3.05) is 11.4 Å². The Morgan fingerprint density at radius 2 is 1.87 bits per heavy atom. The maximum absolute atomic E-state index is 9.16. The van der Waals surface area contributed by atoms with Crippen molar-refractivity contribution in [2.45, 2.75) is 33.2 Å². The minimum Gasteiger partial charge on any atom is -0.364 e. The van der Waals surface area contributed by atoms with Gasteiger partial charge >= 0.3 is 0 Å². The molecular weight excluding hydrogens is 304 g/mol. The maximum atomic E-state index is 9.16. The maximum Gasteiger partial charge on any atom is 0.101 e. The fraction of sp³-hybridized carbons (Fsp3) is 0.350. The van der Waals surface area contributed by atoms with Crippen LogP contribution in [0.2, 0.25) is 5.02 Å². The van der Waals surface area contributed by atoms with Crippen LogP contribution in [0.25, 0.3) is 0 Å². The molecule has 3 rings (SSSR count). The Morgan fingerprint density at radius 1 is 1.17 bits per heavy atom. The van der Waals surface area contributed by atoms with Crippen molar-refractivity contribution in [3.8, 4) is 6.07 Å². The second kappa shape index (κ2) is 5.91. The molecule has 2 nitrogen and oxygen atoms in total. The SMILES string of the molecule is Cc1c(N2CC(C)(C)C[C@@H]2c2ccccc2)ccc(C#N)c1Cl. The van der Waals surface area contributed by atoms with Gasteiger partial charge in [-0.25, -0.2) is 0 Å². The Morgan fingerprint density at radius 3 is 2.52 bits per heavy atom. The molecule has 1 aliphatic rings. The highest BCUT2D eigenvalue weighted by Gasteiger charge is 2.38. The first kappa shape index (κ1) is 15.9. The first-order chi connectivity index (χ1) is 10.9. The zero-order valence-corrected chi connectivity index (χ0v) is 14.6. The summed E-state index contributed by atoms with van der Waals surface area (Å²) in [6.45, 7) is 7.61. The highest BCUT2D eigenvalue weighted by atomic mass is 35.5. The summed E-state index contributed by atoms with van der Waals surface area (Å²) in [6.07, 6.45) is 1.11. The van der Waals surface area contributed by atoms with E-state index >= 15 is 0 Å². The van der Waals surface area contributed by atoms with E-state index in [1.807, 2.05) is 19.1 Å². The van der Waals surface area contributed by atoms with E-state index in [0.29, 0.717) is 16.6 Å². The van der Waals surface area contributed by atoms with Gasteiger partial charge in [-0.15, -0.1) is 0 Å². The molecule has 1 fully saturated rings. The first-order valence-electron chi connectivity index (χ1n) is 7.94. The fourth-order valence-corrected chi connectivity index (χ4v) is 3.77. The highest BCUT2D eigenvalue weighted by Crippen LogP contribution is 2.46. The summed E-state index contributed by atoms with van der Waals surface area (Å²) in [4.78, 5) is 2.44. The summed E-state index contributed by atoms with van der Waals surface area (Å²) in [5.41, 5.74) is 4.24. The van der Waals surface area contributed by atoms with Crippen molar-refractivity contribution < 1.29 is 0 Å². The van der Waals surface area contributed by atoms with Gasteiger partial charge in [0.1, 0.15) is 6.07 Å². The van der Waals surface area contributed by atoms with E-state index < -0.39 is 0 Å². The summed E-state index contributed by atoms with van der Waals surface area (Å²) in [5.74, 6) is 0. The van der Waals surface area contributed by atoms with E-state index in [-0.39, 0.29) is 5.41 Å². The first-order valence-corrected chi connectivity index (χ1v) is 8.31. The molecule has 23 heavy (non-hydrogen) atoms. The average Bonchev–Trinajstić information content (AvgIpc) is 2.86. The Bertz CT molecular complexity index is 759. The Kier molecular flexibility index (Phi) is 4.08. The quantitative estimate of drug-likeness (QED) is 0.729. The predicted molar refractivity (Wildman–Crippen MR) is 95.8 cm³/mol. The number of hydrogen-bond donors (Lipinski definition) is 0. The molecule has 0 aromatic heterocycles. The van der Waals surface area contributed by atoms with Gasteiger partial charge in [0, 0.05) is 12.2 Å². The molecule has 0 unspecified atom stereocenters. The zero-order chi connectivity index (χ0) is 16.6. The van der Waals surface area contributed by atoms with Gasteiger partial charge in [0.25, 0.3) is 0 Å². The molecule has 0 spiro atoms. The largest absolute Gasteiger partial charge is 0.364 e. The predicted octanol–water partition coefficient (Wildman–Crippen LogP) is 5.50. The van der Waals surface area contributed by atoms with Gasteiger partial charge in [-0.05, 0) is 42.0 Å². The number of benzene rings is 2. The van der Waals surface area contributed by atoms with Crippen molar-refractivity contribution in [1.82, 2.24) is 0 Å². The topological polar surface area (TPSA) is 27.0 Å². The van der Waals surface area contributed by atoms with E-state index in [1.54, 1.807) is 0 Å². The van der Waals surface area contributed by atoms with E-state index in [4.69, 9.17) is 16.9 Å². The van der Waals surface area contributed by atoms with Crippen molar-refractivity contribution in [2.24, 2.45) is 5.41 Å². The number of halogens is 1. The highest BCUT2D eigenvalue weighted by molar-refractivity contribution is 6.32. The van der Waals surface area contributed by atoms with Crippen LogP contribution in [-0.2, 0) is 0 Å². The third kappa shape index (κ3) is 2.94. The number of anilines is 1. The van der Waals surface area contributed by atoms with Gasteiger partial charge in [0.2, 0.25) is 0 Å². The third-order valence-corrected chi connectivity index (χ3v) is 5.18. The van der Waals surface area contributed by atoms with Gasteiger partial charge in [-0.1, -0.05) is 55.8 Å². The monoisotopic (exact) mass is 324 g/mol. The number of rotatable bonds is 2. The van der Waals surface area contributed by atoms with Gasteiger partial charge in [-0.2, -0.15) is 5.26 Å². The molecule has 0 bridgehead atoms. The molecule has 2 aromatic rings. The second-order valence-electron chi connectivity index (χ2n) is 7.11. The summed E-state index contributed by atoms with van der Waals surface area (Å²) < 4.78 is 0. The van der Waals surface area contributed by atoms with Crippen molar-refractivity contribution in [1.29, 1.82) is 5.26 Å². The van der Waals surface area contributed by atoms with Crippen LogP contribution in [0.1, 0.15) is 43.0 Å². The molecule has 0 saturated carbocycles. The van der Waals surface area contributed by atoms with Crippen molar-refractivity contribution >= 4 is 17.3 Å². The molecule has 1 atom stereocenters. The molecular formula is C20H21ClN2. The lowest BCUT2D eigenvalue weighted by Gasteiger charge is -2.29. The second-order valence-corrected chi connectivity index (χ2v) is 7.48. The Hall–Kier alpha value is -1.98. The van der Waals surface area contributed by atoms with Crippen molar-refractivity contribution in [3.05, 3.63) is 64.2 Å². The summed E-state index contributed by atoms with van der Waals surface area (Å²) in [7, 11) is 0. The lowest BCUT2D eigenvalue weighted by Crippen LogP contribution is -2.25. The van der Waals surface area contributed by atoms with Crippen LogP contribution in [0.15, 0.2) is 42.5 Å². The van der Waals surface area contributed by atoms with Gasteiger partial charge in [0.05, 0.1) is 16.6 Å². The molecule has 1 heterocycles. The summed E-state index contributed by atoms with van der Waals surface area (Å²) in [5, 5.41) is 9.73. The van der Waals surface area contributed by atoms with Gasteiger partial charge in [-0.3, -0.25) is 0 Å². The third-order valence-electron chi connectivity index (χ3n) is 4.69. The molecule has 118 valence electrons. The van der Waals surface area contributed by atoms with Gasteiger partial charge in [0.15, 0.2) is 0 Å². The van der Waals surface area contributed by atoms with E-state index in [0.717, 1.165) is 24.2 Å². The Balaban J connectivity index is 2.07. The molecule has 1 saturated heterocycles. The Labute approximate surface area is 143 Å². The lowest BCUT2D eigenvalue weighted by atomic mass is 9.89. The van der Waals surface area contributed by atoms with Crippen LogP contribution in [-0.4, -0.2) is 6.54 Å². The van der Waals surface area contributed by atoms with Crippen LogP contribution in [0.4, 0.5) is 5.69 Å². The number of hydrogen-bond acceptors (Lipinski definition) is 2. The van der Waals surface area contributed by atoms with Gasteiger partial charge < -0.3 is 4.90 Å². The lowest BCUT2D eigenvalue weighted by molar-refractivity contribution is 0.404. The van der Waals surface area contributed by atoms with Crippen LogP contribution >= 0.6 is 11.6 Å². The van der Waals surface area contributed by atoms with Crippen LogP contribution in [0.3, 0.4) is 0 Å². The molecule has 2 aromatic carbocycles. The average molecular weight is 325 g/mol. The van der Waals surface area contributed by atoms with Crippen LogP contribution in [0.5, 0.6) is 0 Å². The minimum absolute atomic E-state index is 0.243. The smallest absolute Gasteiger partial charge is 0.101 e. The minimum atomic E-state index is 0.243. The molecule has 0 amide bonds. The fourth-order valence-electron chi connectivity index (χ4n) is 3.57. The van der Waals surface area contributed by atoms with E-state index in [9.17, 15) is 0 Å². The summed E-state index contributed by atoms with van der Waals surface area (Å²) >= 11 is 6.39. The van der Waals surface area contributed by atoms with E-state index in [1.165, 1.54) is 5.56 Å². The molecule has 3 heteroatoms. The normalized spacial score (nSPS) is 19.6. The molecule has 0 radical (unpaired) electrons. The number of nitrogens with zero attached hydrogens (tertiary/aromatic N) is 2. The molecule has 1 aliphatic heterocycles. The molecule has 0 aliphatic carbocycles. The molecule has 0 N–H and O–H groups in total. The van der Waals surface area contributed by atoms with E-state index in [2.05, 4.69) is 55.1 Å². The zero-order valence-electron chi connectivity index (χ0n) is 13.8. The summed E-state index contributed by atoms with van der Waals surface area (Å²) in [6, 6.07) is 17.0. The van der Waals surface area contributed by atoms with Crippen LogP contribution < -0.4 is 4.90 Å².